The fourth-order valence-corrected chi connectivity index (χ4v) is 2.87. The molecular weight excluding hydrogens is 198 g/mol. The van der Waals surface area contributed by atoms with Crippen LogP contribution >= 0.6 is 0 Å². The van der Waals surface area contributed by atoms with Crippen LogP contribution in [0.4, 0.5) is 0 Å². The van der Waals surface area contributed by atoms with Crippen LogP contribution in [0.25, 0.3) is 0 Å². The largest absolute Gasteiger partial charge is 0.381 e. The summed E-state index contributed by atoms with van der Waals surface area (Å²) < 4.78 is 5.43. The van der Waals surface area contributed by atoms with Gasteiger partial charge in [0, 0.05) is 13.2 Å². The van der Waals surface area contributed by atoms with Gasteiger partial charge in [-0.3, -0.25) is 0 Å². The minimum Gasteiger partial charge on any atom is -0.381 e. The Kier molecular flexibility index (Phi) is 6.37. The molecule has 1 atom stereocenters. The molecule has 1 rings (SSSR count). The van der Waals surface area contributed by atoms with Crippen molar-refractivity contribution in [2.75, 3.05) is 19.8 Å². The van der Waals surface area contributed by atoms with Crippen LogP contribution in [0.1, 0.15) is 58.8 Å². The molecule has 1 heterocycles. The Morgan fingerprint density at radius 3 is 2.44 bits per heavy atom. The highest BCUT2D eigenvalue weighted by Gasteiger charge is 2.30. The number of hydrogen-bond acceptors (Lipinski definition) is 2. The van der Waals surface area contributed by atoms with E-state index in [1.165, 1.54) is 44.9 Å². The first kappa shape index (κ1) is 14.0. The van der Waals surface area contributed by atoms with Gasteiger partial charge in [-0.05, 0) is 50.0 Å². The summed E-state index contributed by atoms with van der Waals surface area (Å²) in [5.41, 5.74) is 6.46. The zero-order chi connectivity index (χ0) is 11.9. The molecule has 2 nitrogen and oxygen atoms in total. The second kappa shape index (κ2) is 7.29. The van der Waals surface area contributed by atoms with Crippen LogP contribution < -0.4 is 5.73 Å². The van der Waals surface area contributed by atoms with E-state index in [1.807, 2.05) is 0 Å². The van der Waals surface area contributed by atoms with Crippen LogP contribution in [-0.2, 0) is 4.74 Å². The molecule has 0 bridgehead atoms. The molecule has 2 N–H and O–H groups in total. The summed E-state index contributed by atoms with van der Waals surface area (Å²) in [5.74, 6) is 0.856. The maximum atomic E-state index is 6.04. The zero-order valence-electron chi connectivity index (χ0n) is 11.1. The molecule has 0 saturated carbocycles. The van der Waals surface area contributed by atoms with Crippen molar-refractivity contribution in [3.63, 3.8) is 0 Å². The van der Waals surface area contributed by atoms with Crippen molar-refractivity contribution >= 4 is 0 Å². The highest BCUT2D eigenvalue weighted by molar-refractivity contribution is 4.82. The van der Waals surface area contributed by atoms with Gasteiger partial charge in [0.1, 0.15) is 0 Å². The molecule has 0 aromatic carbocycles. The quantitative estimate of drug-likeness (QED) is 0.724. The minimum atomic E-state index is 0.415. The molecule has 2 heteroatoms. The monoisotopic (exact) mass is 227 g/mol. The first-order valence-electron chi connectivity index (χ1n) is 7.04. The van der Waals surface area contributed by atoms with Crippen molar-refractivity contribution in [1.29, 1.82) is 0 Å². The number of ether oxygens (including phenoxy) is 1. The lowest BCUT2D eigenvalue weighted by Gasteiger charge is -2.36. The Morgan fingerprint density at radius 1 is 1.25 bits per heavy atom. The van der Waals surface area contributed by atoms with Gasteiger partial charge in [0.25, 0.3) is 0 Å². The summed E-state index contributed by atoms with van der Waals surface area (Å²) in [7, 11) is 0. The number of rotatable bonds is 7. The molecule has 0 radical (unpaired) electrons. The average Bonchev–Trinajstić information content (AvgIpc) is 2.36. The van der Waals surface area contributed by atoms with Gasteiger partial charge in [-0.1, -0.05) is 26.7 Å². The molecule has 96 valence electrons. The molecule has 0 aromatic heterocycles. The summed E-state index contributed by atoms with van der Waals surface area (Å²) in [6.07, 6.45) is 8.98. The zero-order valence-corrected chi connectivity index (χ0v) is 11.1. The van der Waals surface area contributed by atoms with Crippen LogP contribution in [0.3, 0.4) is 0 Å². The third kappa shape index (κ3) is 4.06. The highest BCUT2D eigenvalue weighted by Crippen LogP contribution is 2.37. The molecule has 1 fully saturated rings. The van der Waals surface area contributed by atoms with Crippen molar-refractivity contribution in [2.45, 2.75) is 58.8 Å². The number of hydrogen-bond donors (Lipinski definition) is 1. The van der Waals surface area contributed by atoms with E-state index in [-0.39, 0.29) is 0 Å². The predicted octanol–water partition coefficient (Wildman–Crippen LogP) is 3.35. The van der Waals surface area contributed by atoms with E-state index in [9.17, 15) is 0 Å². The summed E-state index contributed by atoms with van der Waals surface area (Å²) in [6.45, 7) is 7.36. The van der Waals surface area contributed by atoms with E-state index in [2.05, 4.69) is 13.8 Å². The third-order valence-electron chi connectivity index (χ3n) is 4.31. The van der Waals surface area contributed by atoms with E-state index in [4.69, 9.17) is 10.5 Å². The van der Waals surface area contributed by atoms with Crippen LogP contribution in [0.15, 0.2) is 0 Å². The first-order chi connectivity index (χ1) is 7.76. The van der Waals surface area contributed by atoms with Gasteiger partial charge in [0.2, 0.25) is 0 Å². The summed E-state index contributed by atoms with van der Waals surface area (Å²) in [4.78, 5) is 0. The lowest BCUT2D eigenvalue weighted by atomic mass is 9.72. The molecule has 1 aliphatic rings. The van der Waals surface area contributed by atoms with Crippen molar-refractivity contribution in [3.05, 3.63) is 0 Å². The van der Waals surface area contributed by atoms with Gasteiger partial charge < -0.3 is 10.5 Å². The summed E-state index contributed by atoms with van der Waals surface area (Å²) in [6, 6.07) is 0. The van der Waals surface area contributed by atoms with Gasteiger partial charge in [0.15, 0.2) is 0 Å². The lowest BCUT2D eigenvalue weighted by Crippen LogP contribution is -2.34. The molecule has 0 aromatic rings. The van der Waals surface area contributed by atoms with Gasteiger partial charge in [-0.25, -0.2) is 0 Å². The molecule has 0 amide bonds. The van der Waals surface area contributed by atoms with Gasteiger partial charge >= 0.3 is 0 Å². The first-order valence-corrected chi connectivity index (χ1v) is 7.04. The molecule has 1 unspecified atom stereocenters. The van der Waals surface area contributed by atoms with Crippen molar-refractivity contribution < 1.29 is 4.74 Å². The standard InChI is InChI=1S/C14H29NO/c1-3-5-8-14(4-2,12-15)11-13-6-9-16-10-7-13/h13H,3-12,15H2,1-2H3. The highest BCUT2D eigenvalue weighted by atomic mass is 16.5. The number of nitrogens with two attached hydrogens (primary N) is 1. The maximum Gasteiger partial charge on any atom is 0.0468 e. The Morgan fingerprint density at radius 2 is 1.94 bits per heavy atom. The fraction of sp³-hybridized carbons (Fsp3) is 1.00. The molecular formula is C14H29NO. The van der Waals surface area contributed by atoms with E-state index < -0.39 is 0 Å². The smallest absolute Gasteiger partial charge is 0.0468 e. The number of unbranched alkanes of at least 4 members (excludes halogenated alkanes) is 1. The maximum absolute atomic E-state index is 6.04. The van der Waals surface area contributed by atoms with E-state index >= 15 is 0 Å². The Hall–Kier alpha value is -0.0800. The van der Waals surface area contributed by atoms with Crippen LogP contribution in [-0.4, -0.2) is 19.8 Å². The molecule has 0 spiro atoms. The molecule has 1 saturated heterocycles. The van der Waals surface area contributed by atoms with Gasteiger partial charge in [-0.15, -0.1) is 0 Å². The van der Waals surface area contributed by atoms with Crippen LogP contribution in [0.2, 0.25) is 0 Å². The molecule has 16 heavy (non-hydrogen) atoms. The topological polar surface area (TPSA) is 35.2 Å². The fourth-order valence-electron chi connectivity index (χ4n) is 2.87. The van der Waals surface area contributed by atoms with Crippen molar-refractivity contribution in [3.8, 4) is 0 Å². The van der Waals surface area contributed by atoms with Crippen LogP contribution in [0, 0.1) is 11.3 Å². The Balaban J connectivity index is 2.46. The Bertz CT molecular complexity index is 172. The van der Waals surface area contributed by atoms with E-state index in [0.717, 1.165) is 25.7 Å². The SMILES string of the molecule is CCCCC(CC)(CN)CC1CCOCC1. The third-order valence-corrected chi connectivity index (χ3v) is 4.31. The summed E-state index contributed by atoms with van der Waals surface area (Å²) in [5, 5.41) is 0. The van der Waals surface area contributed by atoms with Crippen LogP contribution in [0.5, 0.6) is 0 Å². The second-order valence-electron chi connectivity index (χ2n) is 5.42. The normalized spacial score (nSPS) is 21.9. The Labute approximate surface area is 101 Å². The van der Waals surface area contributed by atoms with Crippen molar-refractivity contribution in [1.82, 2.24) is 0 Å². The van der Waals surface area contributed by atoms with E-state index in [0.29, 0.717) is 5.41 Å². The molecule has 0 aliphatic carbocycles. The van der Waals surface area contributed by atoms with Crippen molar-refractivity contribution in [2.24, 2.45) is 17.1 Å². The van der Waals surface area contributed by atoms with E-state index in [1.54, 1.807) is 0 Å². The van der Waals surface area contributed by atoms with Gasteiger partial charge in [-0.2, -0.15) is 0 Å². The molecule has 1 aliphatic heterocycles. The average molecular weight is 227 g/mol. The summed E-state index contributed by atoms with van der Waals surface area (Å²) >= 11 is 0. The minimum absolute atomic E-state index is 0.415. The second-order valence-corrected chi connectivity index (χ2v) is 5.42. The lowest BCUT2D eigenvalue weighted by molar-refractivity contribution is 0.0446. The van der Waals surface area contributed by atoms with Gasteiger partial charge in [0.05, 0.1) is 0 Å². The predicted molar refractivity (Wildman–Crippen MR) is 69.5 cm³/mol.